The van der Waals surface area contributed by atoms with Gasteiger partial charge in [-0.25, -0.2) is 0 Å². The summed E-state index contributed by atoms with van der Waals surface area (Å²) in [6.07, 6.45) is 10.8. The van der Waals surface area contributed by atoms with Crippen LogP contribution in [0.4, 0.5) is 0 Å². The third-order valence-corrected chi connectivity index (χ3v) is 7.94. The summed E-state index contributed by atoms with van der Waals surface area (Å²) in [6, 6.07) is 0. The molecule has 4 rings (SSSR count). The third kappa shape index (κ3) is 2.83. The van der Waals surface area contributed by atoms with Crippen LogP contribution in [0.2, 0.25) is 0 Å². The maximum atomic E-state index is 6.33. The number of hydrogen-bond donors (Lipinski definition) is 0. The third-order valence-electron chi connectivity index (χ3n) is 7.94. The fourth-order valence-electron chi connectivity index (χ4n) is 6.71. The lowest BCUT2D eigenvalue weighted by Crippen LogP contribution is -2.54. The quantitative estimate of drug-likeness (QED) is 0.680. The molecule has 25 heavy (non-hydrogen) atoms. The lowest BCUT2D eigenvalue weighted by atomic mass is 9.45. The van der Waals surface area contributed by atoms with Crippen molar-refractivity contribution in [3.63, 3.8) is 0 Å². The van der Waals surface area contributed by atoms with Gasteiger partial charge in [-0.1, -0.05) is 32.1 Å². The number of ether oxygens (including phenoxy) is 3. The van der Waals surface area contributed by atoms with E-state index in [4.69, 9.17) is 14.2 Å². The van der Waals surface area contributed by atoms with Gasteiger partial charge in [-0.15, -0.1) is 6.58 Å². The second-order valence-electron chi connectivity index (χ2n) is 9.20. The highest BCUT2D eigenvalue weighted by Gasteiger charge is 2.60. The first kappa shape index (κ1) is 17.8. The highest BCUT2D eigenvalue weighted by atomic mass is 16.7. The van der Waals surface area contributed by atoms with Crippen molar-refractivity contribution in [1.82, 2.24) is 0 Å². The van der Waals surface area contributed by atoms with Crippen molar-refractivity contribution in [2.75, 3.05) is 13.2 Å². The molecule has 0 aromatic rings. The molecule has 2 saturated carbocycles. The van der Waals surface area contributed by atoms with E-state index < -0.39 is 0 Å². The lowest BCUT2D eigenvalue weighted by molar-refractivity contribution is -0.116. The van der Waals surface area contributed by atoms with Gasteiger partial charge in [0.1, 0.15) is 0 Å². The topological polar surface area (TPSA) is 27.7 Å². The minimum Gasteiger partial charge on any atom is -0.370 e. The first-order chi connectivity index (χ1) is 12.0. The Kier molecular flexibility index (Phi) is 4.62. The molecule has 2 saturated heterocycles. The van der Waals surface area contributed by atoms with E-state index in [1.807, 2.05) is 6.08 Å². The Hall–Kier alpha value is -0.640. The monoisotopic (exact) mass is 346 g/mol. The maximum absolute atomic E-state index is 6.33. The highest BCUT2D eigenvalue weighted by Crippen LogP contribution is 2.65. The van der Waals surface area contributed by atoms with Crippen molar-refractivity contribution < 1.29 is 14.2 Å². The summed E-state index contributed by atoms with van der Waals surface area (Å²) in [5, 5.41) is 0. The zero-order valence-corrected chi connectivity index (χ0v) is 16.0. The van der Waals surface area contributed by atoms with Crippen LogP contribution in [0, 0.1) is 22.7 Å². The van der Waals surface area contributed by atoms with Crippen LogP contribution in [0.1, 0.15) is 58.8 Å². The van der Waals surface area contributed by atoms with Crippen molar-refractivity contribution in [1.29, 1.82) is 0 Å². The SMILES string of the molecule is C=C[C@@H]1C[C@@]2(C)[C@@H]3CCC(=C)[C@@H](CCC4OCCO4)[C@@]3(C)CC[C@@H]2O1. The van der Waals surface area contributed by atoms with Gasteiger partial charge >= 0.3 is 0 Å². The fraction of sp³-hybridized carbons (Fsp3) is 0.818. The van der Waals surface area contributed by atoms with E-state index in [0.717, 1.165) is 32.5 Å². The van der Waals surface area contributed by atoms with E-state index in [-0.39, 0.29) is 17.8 Å². The highest BCUT2D eigenvalue weighted by molar-refractivity contribution is 5.19. The van der Waals surface area contributed by atoms with Gasteiger partial charge in [-0.3, -0.25) is 0 Å². The van der Waals surface area contributed by atoms with Crippen molar-refractivity contribution in [3.8, 4) is 0 Å². The molecular weight excluding hydrogens is 312 g/mol. The Morgan fingerprint density at radius 2 is 1.88 bits per heavy atom. The minimum absolute atomic E-state index is 0.00339. The predicted molar refractivity (Wildman–Crippen MR) is 99.2 cm³/mol. The van der Waals surface area contributed by atoms with Gasteiger partial charge in [-0.2, -0.15) is 0 Å². The Balaban J connectivity index is 1.55. The molecule has 4 aliphatic rings. The molecule has 0 N–H and O–H groups in total. The molecule has 2 heterocycles. The van der Waals surface area contributed by atoms with Crippen LogP contribution >= 0.6 is 0 Å². The predicted octanol–water partition coefficient (Wildman–Crippen LogP) is 4.87. The van der Waals surface area contributed by atoms with Gasteiger partial charge in [0.25, 0.3) is 0 Å². The molecule has 0 unspecified atom stereocenters. The largest absolute Gasteiger partial charge is 0.370 e. The van der Waals surface area contributed by atoms with Crippen LogP contribution in [-0.2, 0) is 14.2 Å². The zero-order valence-electron chi connectivity index (χ0n) is 16.0. The molecule has 2 aliphatic heterocycles. The Morgan fingerprint density at radius 3 is 2.60 bits per heavy atom. The number of fused-ring (bicyclic) bond motifs is 3. The fourth-order valence-corrected chi connectivity index (χ4v) is 6.71. The van der Waals surface area contributed by atoms with Crippen LogP contribution in [0.5, 0.6) is 0 Å². The molecule has 3 heteroatoms. The Bertz CT molecular complexity index is 537. The van der Waals surface area contributed by atoms with E-state index in [0.29, 0.717) is 23.4 Å². The molecule has 2 aliphatic carbocycles. The molecule has 6 atom stereocenters. The van der Waals surface area contributed by atoms with Gasteiger partial charge in [0, 0.05) is 0 Å². The van der Waals surface area contributed by atoms with Crippen LogP contribution in [0.15, 0.2) is 24.8 Å². The average molecular weight is 347 g/mol. The summed E-state index contributed by atoms with van der Waals surface area (Å²) < 4.78 is 17.7. The standard InChI is InChI=1S/C22H34O3/c1-5-16-14-22(4)18-8-6-15(2)17(7-9-20-23-12-13-24-20)21(18,3)11-10-19(22)25-16/h5,16-20H,1-2,6-14H2,3-4H3/t16-,17-,18-,19+,21-,22+/m1/s1. The molecular formula is C22H34O3. The molecule has 0 amide bonds. The smallest absolute Gasteiger partial charge is 0.157 e. The molecule has 0 bridgehead atoms. The van der Waals surface area contributed by atoms with Gasteiger partial charge < -0.3 is 14.2 Å². The maximum Gasteiger partial charge on any atom is 0.157 e. The summed E-state index contributed by atoms with van der Waals surface area (Å²) in [6.45, 7) is 15.0. The Labute approximate surface area is 152 Å². The normalized spacial score (nSPS) is 47.5. The van der Waals surface area contributed by atoms with Crippen molar-refractivity contribution in [3.05, 3.63) is 24.8 Å². The first-order valence-electron chi connectivity index (χ1n) is 10.2. The molecule has 140 valence electrons. The second kappa shape index (κ2) is 6.51. The van der Waals surface area contributed by atoms with Crippen LogP contribution in [0.25, 0.3) is 0 Å². The molecule has 0 spiro atoms. The Morgan fingerprint density at radius 1 is 1.12 bits per heavy atom. The summed E-state index contributed by atoms with van der Waals surface area (Å²) in [5.74, 6) is 1.30. The van der Waals surface area contributed by atoms with E-state index in [2.05, 4.69) is 27.0 Å². The summed E-state index contributed by atoms with van der Waals surface area (Å²) in [5.41, 5.74) is 2.07. The van der Waals surface area contributed by atoms with Crippen LogP contribution in [0.3, 0.4) is 0 Å². The van der Waals surface area contributed by atoms with Gasteiger partial charge in [0.2, 0.25) is 0 Å². The van der Waals surface area contributed by atoms with Gasteiger partial charge in [-0.05, 0) is 67.6 Å². The molecule has 0 aromatic heterocycles. The number of hydrogen-bond acceptors (Lipinski definition) is 3. The van der Waals surface area contributed by atoms with E-state index in [1.54, 1.807) is 0 Å². The average Bonchev–Trinajstić information content (AvgIpc) is 3.20. The van der Waals surface area contributed by atoms with E-state index in [9.17, 15) is 0 Å². The summed E-state index contributed by atoms with van der Waals surface area (Å²) in [4.78, 5) is 0. The van der Waals surface area contributed by atoms with Crippen molar-refractivity contribution >= 4 is 0 Å². The number of allylic oxidation sites excluding steroid dienone is 1. The van der Waals surface area contributed by atoms with Crippen molar-refractivity contribution in [2.45, 2.75) is 77.3 Å². The van der Waals surface area contributed by atoms with Gasteiger partial charge in [0.15, 0.2) is 6.29 Å². The van der Waals surface area contributed by atoms with Crippen molar-refractivity contribution in [2.24, 2.45) is 22.7 Å². The number of rotatable bonds is 4. The van der Waals surface area contributed by atoms with Gasteiger partial charge in [0.05, 0.1) is 25.4 Å². The minimum atomic E-state index is 0.00339. The van der Waals surface area contributed by atoms with Crippen LogP contribution < -0.4 is 0 Å². The van der Waals surface area contributed by atoms with Crippen LogP contribution in [-0.4, -0.2) is 31.7 Å². The molecule has 0 aromatic carbocycles. The molecule has 0 radical (unpaired) electrons. The first-order valence-corrected chi connectivity index (χ1v) is 10.2. The van der Waals surface area contributed by atoms with E-state index in [1.165, 1.54) is 31.3 Å². The zero-order chi connectivity index (χ0) is 17.7. The van der Waals surface area contributed by atoms with E-state index >= 15 is 0 Å². The second-order valence-corrected chi connectivity index (χ2v) is 9.20. The molecule has 3 nitrogen and oxygen atoms in total. The summed E-state index contributed by atoms with van der Waals surface area (Å²) in [7, 11) is 0. The lowest BCUT2D eigenvalue weighted by Gasteiger charge is -2.59. The molecule has 4 fully saturated rings. The summed E-state index contributed by atoms with van der Waals surface area (Å²) >= 11 is 0.